The zero-order valence-corrected chi connectivity index (χ0v) is 10.8. The highest BCUT2D eigenvalue weighted by Gasteiger charge is 2.34. The molecule has 3 aliphatic rings. The largest absolute Gasteiger partial charge is 0.302 e. The smallest absolute Gasteiger partial charge is 0.0417 e. The van der Waals surface area contributed by atoms with Crippen LogP contribution in [0.2, 0.25) is 5.02 Å². The predicted octanol–water partition coefficient (Wildman–Crippen LogP) is 3.53. The van der Waals surface area contributed by atoms with Crippen molar-refractivity contribution in [3.8, 4) is 0 Å². The summed E-state index contributed by atoms with van der Waals surface area (Å²) in [6.45, 7) is 3.90. The van der Waals surface area contributed by atoms with E-state index in [1.807, 2.05) is 23.9 Å². The molecule has 1 unspecified atom stereocenters. The summed E-state index contributed by atoms with van der Waals surface area (Å²) in [5.41, 5.74) is 0. The first kappa shape index (κ1) is 10.9. The third-order valence-corrected chi connectivity index (χ3v) is 5.28. The van der Waals surface area contributed by atoms with Crippen molar-refractivity contribution in [2.45, 2.75) is 23.0 Å². The van der Waals surface area contributed by atoms with Gasteiger partial charge in [0.15, 0.2) is 0 Å². The maximum Gasteiger partial charge on any atom is 0.0417 e. The van der Waals surface area contributed by atoms with Crippen LogP contribution in [0, 0.1) is 5.92 Å². The Morgan fingerprint density at radius 2 is 2.06 bits per heavy atom. The van der Waals surface area contributed by atoms with Crippen LogP contribution in [0.15, 0.2) is 29.2 Å². The molecule has 0 saturated carbocycles. The standard InChI is InChI=1S/C13H16ClNS/c14-11-2-1-3-12(8-11)16-13-9-15-6-4-10(13)5-7-15/h1-3,8,10,13H,4-7,9H2. The third-order valence-electron chi connectivity index (χ3n) is 3.68. The number of rotatable bonds is 2. The van der Waals surface area contributed by atoms with Gasteiger partial charge in [-0.1, -0.05) is 17.7 Å². The van der Waals surface area contributed by atoms with Gasteiger partial charge in [-0.3, -0.25) is 0 Å². The first-order valence-electron chi connectivity index (χ1n) is 5.96. The Labute approximate surface area is 106 Å². The zero-order chi connectivity index (χ0) is 11.0. The van der Waals surface area contributed by atoms with E-state index in [-0.39, 0.29) is 0 Å². The molecule has 3 saturated heterocycles. The van der Waals surface area contributed by atoms with Crippen LogP contribution >= 0.6 is 23.4 Å². The van der Waals surface area contributed by atoms with Crippen molar-refractivity contribution in [2.24, 2.45) is 5.92 Å². The lowest BCUT2D eigenvalue weighted by molar-refractivity contribution is 0.118. The van der Waals surface area contributed by atoms with E-state index in [4.69, 9.17) is 11.6 Å². The number of piperidine rings is 3. The second-order valence-corrected chi connectivity index (χ2v) is 6.50. The fourth-order valence-corrected chi connectivity index (χ4v) is 4.47. The van der Waals surface area contributed by atoms with Gasteiger partial charge in [0.25, 0.3) is 0 Å². The minimum atomic E-state index is 0.779. The molecule has 3 heterocycles. The van der Waals surface area contributed by atoms with Gasteiger partial charge in [0.05, 0.1) is 0 Å². The van der Waals surface area contributed by atoms with Gasteiger partial charge in [-0.05, 0) is 50.0 Å². The molecular weight excluding hydrogens is 238 g/mol. The van der Waals surface area contributed by atoms with Gasteiger partial charge in [-0.25, -0.2) is 0 Å². The lowest BCUT2D eigenvalue weighted by Crippen LogP contribution is -2.48. The number of nitrogens with zero attached hydrogens (tertiary/aromatic N) is 1. The van der Waals surface area contributed by atoms with Gasteiger partial charge in [-0.15, -0.1) is 11.8 Å². The van der Waals surface area contributed by atoms with Crippen molar-refractivity contribution in [2.75, 3.05) is 19.6 Å². The third kappa shape index (κ3) is 2.24. The van der Waals surface area contributed by atoms with Gasteiger partial charge >= 0.3 is 0 Å². The molecule has 3 fully saturated rings. The molecule has 2 bridgehead atoms. The molecule has 1 aromatic rings. The summed E-state index contributed by atoms with van der Waals surface area (Å²) >= 11 is 8.03. The van der Waals surface area contributed by atoms with Crippen LogP contribution in [0.1, 0.15) is 12.8 Å². The Hall–Kier alpha value is -0.180. The van der Waals surface area contributed by atoms with Gasteiger partial charge < -0.3 is 4.90 Å². The Bertz CT molecular complexity index is 374. The topological polar surface area (TPSA) is 3.24 Å². The molecular formula is C13H16ClNS. The highest BCUT2D eigenvalue weighted by atomic mass is 35.5. The van der Waals surface area contributed by atoms with Crippen LogP contribution in [-0.4, -0.2) is 29.8 Å². The van der Waals surface area contributed by atoms with Crippen molar-refractivity contribution in [1.29, 1.82) is 0 Å². The van der Waals surface area contributed by atoms with Crippen molar-refractivity contribution in [3.05, 3.63) is 29.3 Å². The Kier molecular flexibility index (Phi) is 3.14. The summed E-state index contributed by atoms with van der Waals surface area (Å²) in [6.07, 6.45) is 2.77. The minimum absolute atomic E-state index is 0.779. The van der Waals surface area contributed by atoms with E-state index >= 15 is 0 Å². The number of thioether (sulfide) groups is 1. The zero-order valence-electron chi connectivity index (χ0n) is 9.23. The van der Waals surface area contributed by atoms with E-state index in [9.17, 15) is 0 Å². The van der Waals surface area contributed by atoms with Crippen molar-refractivity contribution in [3.63, 3.8) is 0 Å². The number of benzene rings is 1. The Balaban J connectivity index is 1.71. The fourth-order valence-electron chi connectivity index (χ4n) is 2.76. The molecule has 3 heteroatoms. The molecule has 1 nitrogen and oxygen atoms in total. The maximum absolute atomic E-state index is 6.02. The summed E-state index contributed by atoms with van der Waals surface area (Å²) in [5.74, 6) is 0.925. The highest BCUT2D eigenvalue weighted by Crippen LogP contribution is 2.38. The van der Waals surface area contributed by atoms with Crippen LogP contribution in [0.4, 0.5) is 0 Å². The van der Waals surface area contributed by atoms with Gasteiger partial charge in [0, 0.05) is 21.7 Å². The molecule has 0 radical (unpaired) electrons. The van der Waals surface area contributed by atoms with Gasteiger partial charge in [0.1, 0.15) is 0 Å². The molecule has 16 heavy (non-hydrogen) atoms. The molecule has 0 amide bonds. The Morgan fingerprint density at radius 3 is 2.69 bits per heavy atom. The number of fused-ring (bicyclic) bond motifs is 3. The summed E-state index contributed by atoms with van der Waals surface area (Å²) in [5, 5.41) is 1.63. The molecule has 0 aromatic heterocycles. The van der Waals surface area contributed by atoms with E-state index < -0.39 is 0 Å². The van der Waals surface area contributed by atoms with Crippen molar-refractivity contribution in [1.82, 2.24) is 4.90 Å². The minimum Gasteiger partial charge on any atom is -0.302 e. The van der Waals surface area contributed by atoms with Crippen LogP contribution in [0.5, 0.6) is 0 Å². The Morgan fingerprint density at radius 1 is 1.25 bits per heavy atom. The van der Waals surface area contributed by atoms with E-state index in [2.05, 4.69) is 17.0 Å². The number of hydrogen-bond acceptors (Lipinski definition) is 2. The number of halogens is 1. The van der Waals surface area contributed by atoms with Crippen molar-refractivity contribution >= 4 is 23.4 Å². The molecule has 3 aliphatic heterocycles. The lowest BCUT2D eigenvalue weighted by Gasteiger charge is -2.44. The van der Waals surface area contributed by atoms with Crippen LogP contribution in [0.25, 0.3) is 0 Å². The van der Waals surface area contributed by atoms with Gasteiger partial charge in [0.2, 0.25) is 0 Å². The van der Waals surface area contributed by atoms with Crippen LogP contribution < -0.4 is 0 Å². The maximum atomic E-state index is 6.02. The quantitative estimate of drug-likeness (QED) is 0.793. The van der Waals surface area contributed by atoms with Crippen LogP contribution in [-0.2, 0) is 0 Å². The second kappa shape index (κ2) is 4.59. The lowest BCUT2D eigenvalue weighted by atomic mass is 9.88. The molecule has 0 N–H and O–H groups in total. The van der Waals surface area contributed by atoms with Crippen LogP contribution in [0.3, 0.4) is 0 Å². The molecule has 0 aliphatic carbocycles. The fraction of sp³-hybridized carbons (Fsp3) is 0.538. The van der Waals surface area contributed by atoms with E-state index in [1.54, 1.807) is 0 Å². The van der Waals surface area contributed by atoms with Gasteiger partial charge in [-0.2, -0.15) is 0 Å². The molecule has 0 spiro atoms. The first-order valence-corrected chi connectivity index (χ1v) is 7.21. The summed E-state index contributed by atoms with van der Waals surface area (Å²) in [4.78, 5) is 3.92. The highest BCUT2D eigenvalue weighted by molar-refractivity contribution is 8.00. The second-order valence-electron chi connectivity index (χ2n) is 4.75. The molecule has 4 rings (SSSR count). The summed E-state index contributed by atoms with van der Waals surface area (Å²) in [7, 11) is 0. The molecule has 86 valence electrons. The van der Waals surface area contributed by atoms with Crippen molar-refractivity contribution < 1.29 is 0 Å². The monoisotopic (exact) mass is 253 g/mol. The molecule has 1 aromatic carbocycles. The van der Waals surface area contributed by atoms with E-state index in [1.165, 1.54) is 37.4 Å². The normalized spacial score (nSPS) is 32.9. The average molecular weight is 254 g/mol. The summed E-state index contributed by atoms with van der Waals surface area (Å²) < 4.78 is 0. The van der Waals surface area contributed by atoms with E-state index in [0.717, 1.165) is 16.2 Å². The predicted molar refractivity (Wildman–Crippen MR) is 70.3 cm³/mol. The average Bonchev–Trinajstić information content (AvgIpc) is 2.30. The first-order chi connectivity index (χ1) is 7.81. The summed E-state index contributed by atoms with van der Waals surface area (Å²) in [6, 6.07) is 8.26. The molecule has 1 atom stereocenters. The van der Waals surface area contributed by atoms with E-state index in [0.29, 0.717) is 0 Å². The SMILES string of the molecule is Clc1cccc(SC2CN3CCC2CC3)c1. The number of hydrogen-bond donors (Lipinski definition) is 0.